The van der Waals surface area contributed by atoms with Crippen molar-refractivity contribution in [3.63, 3.8) is 0 Å². The summed E-state index contributed by atoms with van der Waals surface area (Å²) in [4.78, 5) is 13.2. The minimum atomic E-state index is -1.05. The van der Waals surface area contributed by atoms with E-state index in [9.17, 15) is 9.90 Å². The summed E-state index contributed by atoms with van der Waals surface area (Å²) < 4.78 is 22.9. The van der Waals surface area contributed by atoms with E-state index in [1.165, 1.54) is 7.11 Å². The number of ketones is 1. The van der Waals surface area contributed by atoms with Gasteiger partial charge >= 0.3 is 0 Å². The van der Waals surface area contributed by atoms with E-state index in [4.69, 9.17) is 18.9 Å². The standard InChI is InChI=1S/C21H22O6/c1-24-21-16(17(22)13-8-4-2-5-9-13)18(23)19-15(26-21)12-25-20(27-19)14-10-6-3-7-11-14/h2-11,15-17,19-22H,12H2,1H3/t15-,16+,17-,19-,20-,21+/m1/s1. The van der Waals surface area contributed by atoms with Gasteiger partial charge in [-0.2, -0.15) is 0 Å². The Balaban J connectivity index is 1.58. The average molecular weight is 370 g/mol. The van der Waals surface area contributed by atoms with E-state index in [0.717, 1.165) is 5.56 Å². The number of aliphatic hydroxyl groups excluding tert-OH is 1. The lowest BCUT2D eigenvalue weighted by Crippen LogP contribution is -2.58. The maximum Gasteiger partial charge on any atom is 0.184 e. The van der Waals surface area contributed by atoms with Gasteiger partial charge in [0.2, 0.25) is 0 Å². The molecule has 6 nitrogen and oxygen atoms in total. The Morgan fingerprint density at radius 2 is 1.70 bits per heavy atom. The topological polar surface area (TPSA) is 74.2 Å². The van der Waals surface area contributed by atoms with E-state index < -0.39 is 36.8 Å². The zero-order chi connectivity index (χ0) is 18.8. The van der Waals surface area contributed by atoms with Crippen molar-refractivity contribution >= 4 is 5.78 Å². The van der Waals surface area contributed by atoms with Gasteiger partial charge in [-0.25, -0.2) is 0 Å². The van der Waals surface area contributed by atoms with Crippen molar-refractivity contribution < 1.29 is 28.8 Å². The van der Waals surface area contributed by atoms with Crippen LogP contribution in [0, 0.1) is 5.92 Å². The van der Waals surface area contributed by atoms with Crippen molar-refractivity contribution in [3.8, 4) is 0 Å². The summed E-state index contributed by atoms with van der Waals surface area (Å²) in [6.07, 6.45) is -3.95. The highest BCUT2D eigenvalue weighted by molar-refractivity contribution is 5.88. The summed E-state index contributed by atoms with van der Waals surface area (Å²) in [5.41, 5.74) is 1.46. The van der Waals surface area contributed by atoms with Gasteiger partial charge in [0.05, 0.1) is 12.7 Å². The first-order chi connectivity index (χ1) is 13.2. The Hall–Kier alpha value is -2.09. The molecule has 0 amide bonds. The maximum absolute atomic E-state index is 13.2. The monoisotopic (exact) mass is 370 g/mol. The van der Waals surface area contributed by atoms with Gasteiger partial charge in [0.15, 0.2) is 18.4 Å². The Morgan fingerprint density at radius 1 is 1.04 bits per heavy atom. The van der Waals surface area contributed by atoms with Crippen LogP contribution in [0.5, 0.6) is 0 Å². The number of aliphatic hydroxyl groups is 1. The third-order valence-corrected chi connectivity index (χ3v) is 5.02. The number of carbonyl (C=O) groups is 1. The number of carbonyl (C=O) groups excluding carboxylic acids is 1. The highest BCUT2D eigenvalue weighted by Crippen LogP contribution is 2.38. The molecular weight excluding hydrogens is 348 g/mol. The van der Waals surface area contributed by atoms with Crippen molar-refractivity contribution in [1.29, 1.82) is 0 Å². The fraction of sp³-hybridized carbons (Fsp3) is 0.381. The molecule has 142 valence electrons. The summed E-state index contributed by atoms with van der Waals surface area (Å²) >= 11 is 0. The third-order valence-electron chi connectivity index (χ3n) is 5.02. The normalized spacial score (nSPS) is 31.9. The first-order valence-corrected chi connectivity index (χ1v) is 8.96. The smallest absolute Gasteiger partial charge is 0.184 e. The molecule has 0 spiro atoms. The van der Waals surface area contributed by atoms with Crippen LogP contribution in [-0.2, 0) is 23.7 Å². The van der Waals surface area contributed by atoms with Gasteiger partial charge in [-0.15, -0.1) is 0 Å². The molecule has 0 unspecified atom stereocenters. The van der Waals surface area contributed by atoms with Crippen molar-refractivity contribution in [1.82, 2.24) is 0 Å². The van der Waals surface area contributed by atoms with Crippen molar-refractivity contribution in [3.05, 3.63) is 71.8 Å². The van der Waals surface area contributed by atoms with E-state index in [0.29, 0.717) is 5.56 Å². The van der Waals surface area contributed by atoms with Gasteiger partial charge in [-0.3, -0.25) is 4.79 Å². The summed E-state index contributed by atoms with van der Waals surface area (Å²) in [6, 6.07) is 18.5. The van der Waals surface area contributed by atoms with Crippen LogP contribution in [0.2, 0.25) is 0 Å². The summed E-state index contributed by atoms with van der Waals surface area (Å²) in [6.45, 7) is 0.212. The van der Waals surface area contributed by atoms with E-state index >= 15 is 0 Å². The molecule has 0 bridgehead atoms. The van der Waals surface area contributed by atoms with Gasteiger partial charge in [0.1, 0.15) is 18.1 Å². The number of fused-ring (bicyclic) bond motifs is 1. The Kier molecular flexibility index (Phi) is 5.33. The molecule has 2 fully saturated rings. The molecule has 0 aromatic heterocycles. The largest absolute Gasteiger partial charge is 0.387 e. The SMILES string of the molecule is CO[C@H]1O[C@@H]2CO[C@@H](c3ccccc3)O[C@H]2C(=O)[C@@H]1[C@H](O)c1ccccc1. The van der Waals surface area contributed by atoms with Crippen LogP contribution in [0.15, 0.2) is 60.7 Å². The molecule has 0 radical (unpaired) electrons. The quantitative estimate of drug-likeness (QED) is 0.891. The molecule has 27 heavy (non-hydrogen) atoms. The van der Waals surface area contributed by atoms with Crippen molar-refractivity contribution in [2.45, 2.75) is 30.9 Å². The second-order valence-corrected chi connectivity index (χ2v) is 6.69. The van der Waals surface area contributed by atoms with Crippen molar-refractivity contribution in [2.75, 3.05) is 13.7 Å². The molecule has 2 heterocycles. The maximum atomic E-state index is 13.2. The molecule has 2 aliphatic rings. The summed E-state index contributed by atoms with van der Waals surface area (Å²) in [7, 11) is 1.46. The number of ether oxygens (including phenoxy) is 4. The van der Waals surface area contributed by atoms with Gasteiger partial charge < -0.3 is 24.1 Å². The van der Waals surface area contributed by atoms with E-state index in [2.05, 4.69) is 0 Å². The second-order valence-electron chi connectivity index (χ2n) is 6.69. The highest BCUT2D eigenvalue weighted by Gasteiger charge is 2.51. The molecule has 6 heteroatoms. The minimum absolute atomic E-state index is 0.212. The number of Topliss-reactive ketones (excluding diaryl/α,β-unsaturated/α-hetero) is 1. The predicted octanol–water partition coefficient (Wildman–Crippen LogP) is 2.39. The lowest BCUT2D eigenvalue weighted by atomic mass is 9.85. The van der Waals surface area contributed by atoms with Crippen LogP contribution in [-0.4, -0.2) is 43.1 Å². The van der Waals surface area contributed by atoms with E-state index in [1.54, 1.807) is 12.1 Å². The molecule has 2 aliphatic heterocycles. The van der Waals surface area contributed by atoms with Crippen LogP contribution in [0.3, 0.4) is 0 Å². The summed E-state index contributed by atoms with van der Waals surface area (Å²) in [5.74, 6) is -1.12. The average Bonchev–Trinajstić information content (AvgIpc) is 2.74. The van der Waals surface area contributed by atoms with Crippen LogP contribution in [0.1, 0.15) is 23.5 Å². The fourth-order valence-electron chi connectivity index (χ4n) is 3.62. The lowest BCUT2D eigenvalue weighted by Gasteiger charge is -2.44. The van der Waals surface area contributed by atoms with Crippen LogP contribution in [0.4, 0.5) is 0 Å². The highest BCUT2D eigenvalue weighted by atomic mass is 16.7. The van der Waals surface area contributed by atoms with Gasteiger partial charge in [0.25, 0.3) is 0 Å². The molecule has 1 N–H and O–H groups in total. The van der Waals surface area contributed by atoms with Gasteiger partial charge in [0, 0.05) is 12.7 Å². The number of rotatable bonds is 4. The minimum Gasteiger partial charge on any atom is -0.387 e. The number of hydrogen-bond donors (Lipinski definition) is 1. The lowest BCUT2D eigenvalue weighted by molar-refractivity contribution is -0.313. The third kappa shape index (κ3) is 3.54. The first kappa shape index (κ1) is 18.3. The zero-order valence-electron chi connectivity index (χ0n) is 14.9. The van der Waals surface area contributed by atoms with Gasteiger partial charge in [-0.05, 0) is 5.56 Å². The molecule has 0 saturated carbocycles. The Labute approximate surface area is 157 Å². The summed E-state index contributed by atoms with van der Waals surface area (Å²) in [5, 5.41) is 10.8. The Morgan fingerprint density at radius 3 is 2.37 bits per heavy atom. The molecule has 2 saturated heterocycles. The molecule has 4 rings (SSSR count). The number of benzene rings is 2. The molecule has 2 aromatic carbocycles. The molecule has 6 atom stereocenters. The fourth-order valence-corrected chi connectivity index (χ4v) is 3.62. The first-order valence-electron chi connectivity index (χ1n) is 8.96. The van der Waals surface area contributed by atoms with Crippen LogP contribution < -0.4 is 0 Å². The van der Waals surface area contributed by atoms with Crippen LogP contribution >= 0.6 is 0 Å². The predicted molar refractivity (Wildman–Crippen MR) is 95.6 cm³/mol. The van der Waals surface area contributed by atoms with Crippen molar-refractivity contribution in [2.24, 2.45) is 5.92 Å². The van der Waals surface area contributed by atoms with Crippen LogP contribution in [0.25, 0.3) is 0 Å². The van der Waals surface area contributed by atoms with E-state index in [-0.39, 0.29) is 12.4 Å². The van der Waals surface area contributed by atoms with E-state index in [1.807, 2.05) is 48.5 Å². The molecule has 2 aromatic rings. The zero-order valence-corrected chi connectivity index (χ0v) is 14.9. The number of methoxy groups -OCH3 is 1. The number of hydrogen-bond acceptors (Lipinski definition) is 6. The molecule has 0 aliphatic carbocycles. The molecular formula is C21H22O6. The van der Waals surface area contributed by atoms with Gasteiger partial charge in [-0.1, -0.05) is 60.7 Å². The Bertz CT molecular complexity index is 765. The second kappa shape index (κ2) is 7.88.